The molecule has 0 bridgehead atoms. The zero-order valence-electron chi connectivity index (χ0n) is 12.4. The van der Waals surface area contributed by atoms with Crippen LogP contribution in [0, 0.1) is 0 Å². The summed E-state index contributed by atoms with van der Waals surface area (Å²) in [5.74, 6) is 0.293. The van der Waals surface area contributed by atoms with Crippen molar-refractivity contribution in [2.75, 3.05) is 0 Å². The van der Waals surface area contributed by atoms with E-state index in [1.807, 2.05) is 0 Å². The SMILES string of the molecule is OC1(C2=CCCCCC2)CCCCC1c1ccccc1. The van der Waals surface area contributed by atoms with Gasteiger partial charge in [0.15, 0.2) is 0 Å². The molecule has 0 aliphatic heterocycles. The Kier molecular flexibility index (Phi) is 4.26. The molecule has 2 unspecified atom stereocenters. The minimum absolute atomic E-state index is 0.293. The molecule has 0 spiro atoms. The predicted molar refractivity (Wildman–Crippen MR) is 83.8 cm³/mol. The second-order valence-electron chi connectivity index (χ2n) is 6.46. The van der Waals surface area contributed by atoms with Gasteiger partial charge in [0.2, 0.25) is 0 Å². The highest BCUT2D eigenvalue weighted by molar-refractivity contribution is 5.31. The van der Waals surface area contributed by atoms with Crippen molar-refractivity contribution in [2.24, 2.45) is 0 Å². The molecular weight excluding hydrogens is 244 g/mol. The van der Waals surface area contributed by atoms with Crippen LogP contribution in [-0.2, 0) is 0 Å². The first-order valence-electron chi connectivity index (χ1n) is 8.27. The first kappa shape index (κ1) is 13.9. The van der Waals surface area contributed by atoms with Crippen molar-refractivity contribution in [1.29, 1.82) is 0 Å². The molecule has 1 N–H and O–H groups in total. The van der Waals surface area contributed by atoms with Crippen molar-refractivity contribution >= 4 is 0 Å². The predicted octanol–water partition coefficient (Wildman–Crippen LogP) is 4.97. The van der Waals surface area contributed by atoms with Crippen molar-refractivity contribution in [1.82, 2.24) is 0 Å². The number of hydrogen-bond donors (Lipinski definition) is 1. The van der Waals surface area contributed by atoms with Crippen molar-refractivity contribution < 1.29 is 5.11 Å². The number of hydrogen-bond acceptors (Lipinski definition) is 1. The molecule has 1 heteroatoms. The molecule has 1 aromatic rings. The third-order valence-corrected chi connectivity index (χ3v) is 5.18. The third-order valence-electron chi connectivity index (χ3n) is 5.18. The zero-order valence-corrected chi connectivity index (χ0v) is 12.4. The second kappa shape index (κ2) is 6.13. The van der Waals surface area contributed by atoms with Crippen molar-refractivity contribution in [3.05, 3.63) is 47.5 Å². The fraction of sp³-hybridized carbons (Fsp3) is 0.579. The lowest BCUT2D eigenvalue weighted by atomic mass is 9.67. The van der Waals surface area contributed by atoms with Gasteiger partial charge in [-0.05, 0) is 49.7 Å². The fourth-order valence-corrected chi connectivity index (χ4v) is 4.08. The molecule has 3 rings (SSSR count). The van der Waals surface area contributed by atoms with E-state index in [0.717, 1.165) is 32.1 Å². The smallest absolute Gasteiger partial charge is 0.0924 e. The summed E-state index contributed by atoms with van der Waals surface area (Å²) in [4.78, 5) is 0. The van der Waals surface area contributed by atoms with E-state index in [2.05, 4.69) is 36.4 Å². The summed E-state index contributed by atoms with van der Waals surface area (Å²) in [5, 5.41) is 11.5. The lowest BCUT2D eigenvalue weighted by Crippen LogP contribution is -2.41. The number of aliphatic hydroxyl groups is 1. The Morgan fingerprint density at radius 1 is 0.950 bits per heavy atom. The summed E-state index contributed by atoms with van der Waals surface area (Å²) in [7, 11) is 0. The van der Waals surface area contributed by atoms with E-state index in [1.165, 1.54) is 36.8 Å². The first-order chi connectivity index (χ1) is 9.81. The number of benzene rings is 1. The molecule has 0 aromatic heterocycles. The van der Waals surface area contributed by atoms with Crippen LogP contribution in [0.3, 0.4) is 0 Å². The van der Waals surface area contributed by atoms with Crippen LogP contribution in [0.5, 0.6) is 0 Å². The van der Waals surface area contributed by atoms with Gasteiger partial charge in [0.25, 0.3) is 0 Å². The van der Waals surface area contributed by atoms with E-state index in [1.54, 1.807) is 0 Å². The Balaban J connectivity index is 1.92. The summed E-state index contributed by atoms with van der Waals surface area (Å²) >= 11 is 0. The van der Waals surface area contributed by atoms with Gasteiger partial charge in [0.1, 0.15) is 0 Å². The normalized spacial score (nSPS) is 31.4. The molecule has 0 saturated heterocycles. The van der Waals surface area contributed by atoms with Crippen LogP contribution in [-0.4, -0.2) is 10.7 Å². The average molecular weight is 270 g/mol. The largest absolute Gasteiger partial charge is 0.385 e. The van der Waals surface area contributed by atoms with Gasteiger partial charge in [0.05, 0.1) is 5.60 Å². The van der Waals surface area contributed by atoms with Crippen LogP contribution in [0.4, 0.5) is 0 Å². The summed E-state index contributed by atoms with van der Waals surface area (Å²) in [6, 6.07) is 10.7. The molecule has 1 fully saturated rings. The Hall–Kier alpha value is -1.08. The van der Waals surface area contributed by atoms with Crippen LogP contribution in [0.1, 0.15) is 69.3 Å². The summed E-state index contributed by atoms with van der Waals surface area (Å²) in [6.45, 7) is 0. The van der Waals surface area contributed by atoms with Crippen LogP contribution < -0.4 is 0 Å². The standard InChI is InChI=1S/C19H26O/c20-19(17-12-6-1-2-7-13-17)15-9-8-14-18(19)16-10-4-3-5-11-16/h3-5,10-12,18,20H,1-2,6-9,13-15H2. The number of rotatable bonds is 2. The lowest BCUT2D eigenvalue weighted by Gasteiger charge is -2.42. The van der Waals surface area contributed by atoms with Gasteiger partial charge in [-0.1, -0.05) is 55.7 Å². The van der Waals surface area contributed by atoms with Crippen LogP contribution in [0.2, 0.25) is 0 Å². The summed E-state index contributed by atoms with van der Waals surface area (Å²) < 4.78 is 0. The maximum Gasteiger partial charge on any atom is 0.0924 e. The van der Waals surface area contributed by atoms with Gasteiger partial charge in [-0.3, -0.25) is 0 Å². The molecule has 2 atom stereocenters. The molecule has 1 saturated carbocycles. The Labute approximate surface area is 122 Å². The van der Waals surface area contributed by atoms with Gasteiger partial charge in [0, 0.05) is 5.92 Å². The first-order valence-corrected chi connectivity index (χ1v) is 8.27. The van der Waals surface area contributed by atoms with Crippen LogP contribution >= 0.6 is 0 Å². The molecule has 1 aromatic carbocycles. The molecule has 2 aliphatic rings. The van der Waals surface area contributed by atoms with Gasteiger partial charge in [-0.2, -0.15) is 0 Å². The quantitative estimate of drug-likeness (QED) is 0.753. The second-order valence-corrected chi connectivity index (χ2v) is 6.46. The van der Waals surface area contributed by atoms with E-state index < -0.39 is 5.60 Å². The molecule has 2 aliphatic carbocycles. The zero-order chi connectivity index (χ0) is 13.8. The monoisotopic (exact) mass is 270 g/mol. The Morgan fingerprint density at radius 2 is 1.80 bits per heavy atom. The van der Waals surface area contributed by atoms with Crippen molar-refractivity contribution in [2.45, 2.75) is 69.3 Å². The highest BCUT2D eigenvalue weighted by Gasteiger charge is 2.42. The van der Waals surface area contributed by atoms with Crippen molar-refractivity contribution in [3.8, 4) is 0 Å². The number of allylic oxidation sites excluding steroid dienone is 1. The van der Waals surface area contributed by atoms with E-state index >= 15 is 0 Å². The third kappa shape index (κ3) is 2.69. The van der Waals surface area contributed by atoms with E-state index in [4.69, 9.17) is 0 Å². The highest BCUT2D eigenvalue weighted by Crippen LogP contribution is 2.47. The summed E-state index contributed by atoms with van der Waals surface area (Å²) in [6.07, 6.45) is 12.9. The fourth-order valence-electron chi connectivity index (χ4n) is 4.08. The molecule has 1 nitrogen and oxygen atoms in total. The van der Waals surface area contributed by atoms with Crippen LogP contribution in [0.15, 0.2) is 42.0 Å². The minimum Gasteiger partial charge on any atom is -0.385 e. The summed E-state index contributed by atoms with van der Waals surface area (Å²) in [5.41, 5.74) is 2.08. The van der Waals surface area contributed by atoms with Crippen LogP contribution in [0.25, 0.3) is 0 Å². The van der Waals surface area contributed by atoms with E-state index in [-0.39, 0.29) is 0 Å². The Bertz CT molecular complexity index is 462. The highest BCUT2D eigenvalue weighted by atomic mass is 16.3. The van der Waals surface area contributed by atoms with Gasteiger partial charge < -0.3 is 5.11 Å². The molecule has 108 valence electrons. The molecule has 20 heavy (non-hydrogen) atoms. The maximum atomic E-state index is 11.5. The van der Waals surface area contributed by atoms with Gasteiger partial charge in [-0.25, -0.2) is 0 Å². The average Bonchev–Trinajstić information content (AvgIpc) is 2.78. The van der Waals surface area contributed by atoms with E-state index in [0.29, 0.717) is 5.92 Å². The van der Waals surface area contributed by atoms with E-state index in [9.17, 15) is 5.11 Å². The molecule has 0 amide bonds. The lowest BCUT2D eigenvalue weighted by molar-refractivity contribution is 0.0142. The van der Waals surface area contributed by atoms with Crippen molar-refractivity contribution in [3.63, 3.8) is 0 Å². The molecule has 0 radical (unpaired) electrons. The maximum absolute atomic E-state index is 11.5. The van der Waals surface area contributed by atoms with Gasteiger partial charge in [-0.15, -0.1) is 0 Å². The van der Waals surface area contributed by atoms with Gasteiger partial charge >= 0.3 is 0 Å². The molecular formula is C19H26O. The minimum atomic E-state index is -0.579. The molecule has 0 heterocycles. The Morgan fingerprint density at radius 3 is 2.65 bits per heavy atom. The topological polar surface area (TPSA) is 20.2 Å².